The maximum absolute atomic E-state index is 13.9. The number of amides is 1. The van der Waals surface area contributed by atoms with Crippen LogP contribution in [0.3, 0.4) is 0 Å². The van der Waals surface area contributed by atoms with Gasteiger partial charge < -0.3 is 25.0 Å². The van der Waals surface area contributed by atoms with Crippen molar-refractivity contribution in [3.8, 4) is 23.0 Å². The summed E-state index contributed by atoms with van der Waals surface area (Å²) in [6.45, 7) is 1.72. The molecule has 1 atom stereocenters. The molecule has 0 spiro atoms. The van der Waals surface area contributed by atoms with Crippen LogP contribution in [0.4, 0.5) is 5.69 Å². The lowest BCUT2D eigenvalue weighted by Crippen LogP contribution is -2.40. The molecule has 2 heterocycles. The summed E-state index contributed by atoms with van der Waals surface area (Å²) in [6, 6.07) is 17.4. The van der Waals surface area contributed by atoms with Crippen molar-refractivity contribution in [3.63, 3.8) is 0 Å². The van der Waals surface area contributed by atoms with Crippen molar-refractivity contribution in [2.75, 3.05) is 19.5 Å². The molecule has 0 fully saturated rings. The second-order valence-electron chi connectivity index (χ2n) is 8.75. The standard InChI is InChI=1S/C29H25N3O6S/c1-16-25(27(35)31-18-7-5-4-6-8-18)26(21-11-10-20(37-2)15-23(21)38-3)32-28(36)24(39-29(32)30-16)14-17-13-19(33)9-12-22(17)34/h4-15,26,33-34H,1-3H3,(H,31,35)/b24-14-/t26-/m0/s1. The number of aromatic nitrogens is 1. The summed E-state index contributed by atoms with van der Waals surface area (Å²) in [5.74, 6) is 0.428. The van der Waals surface area contributed by atoms with E-state index >= 15 is 0 Å². The van der Waals surface area contributed by atoms with E-state index < -0.39 is 17.5 Å². The summed E-state index contributed by atoms with van der Waals surface area (Å²) in [4.78, 5) is 32.6. The Hall–Kier alpha value is -4.83. The van der Waals surface area contributed by atoms with Crippen molar-refractivity contribution in [2.45, 2.75) is 13.0 Å². The summed E-state index contributed by atoms with van der Waals surface area (Å²) in [5.41, 5.74) is 1.75. The van der Waals surface area contributed by atoms with Gasteiger partial charge in [-0.3, -0.25) is 14.2 Å². The Balaban J connectivity index is 1.74. The predicted octanol–water partition coefficient (Wildman–Crippen LogP) is 3.30. The zero-order chi connectivity index (χ0) is 27.7. The second-order valence-corrected chi connectivity index (χ2v) is 9.76. The fourth-order valence-corrected chi connectivity index (χ4v) is 5.51. The van der Waals surface area contributed by atoms with Crippen LogP contribution in [0, 0.1) is 0 Å². The van der Waals surface area contributed by atoms with Crippen molar-refractivity contribution in [2.24, 2.45) is 4.99 Å². The number of allylic oxidation sites excluding steroid dienone is 1. The van der Waals surface area contributed by atoms with Crippen LogP contribution < -0.4 is 29.7 Å². The molecule has 9 nitrogen and oxygen atoms in total. The number of aromatic hydroxyl groups is 2. The number of methoxy groups -OCH3 is 2. The third-order valence-corrected chi connectivity index (χ3v) is 7.31. The van der Waals surface area contributed by atoms with Gasteiger partial charge in [-0.1, -0.05) is 29.5 Å². The number of rotatable bonds is 6. The Labute approximate surface area is 227 Å². The number of phenols is 2. The Morgan fingerprint density at radius 1 is 1.05 bits per heavy atom. The van der Waals surface area contributed by atoms with E-state index in [4.69, 9.17) is 9.47 Å². The third kappa shape index (κ3) is 4.89. The van der Waals surface area contributed by atoms with E-state index in [9.17, 15) is 19.8 Å². The van der Waals surface area contributed by atoms with E-state index in [0.717, 1.165) is 11.3 Å². The van der Waals surface area contributed by atoms with Gasteiger partial charge in [-0.05, 0) is 55.5 Å². The normalized spacial score (nSPS) is 14.9. The van der Waals surface area contributed by atoms with Crippen molar-refractivity contribution < 1.29 is 24.5 Å². The van der Waals surface area contributed by atoms with Crippen molar-refractivity contribution in [3.05, 3.63) is 109 Å². The fraction of sp³-hybridized carbons (Fsp3) is 0.138. The van der Waals surface area contributed by atoms with Crippen LogP contribution in [0.2, 0.25) is 0 Å². The Morgan fingerprint density at radius 2 is 1.82 bits per heavy atom. The average molecular weight is 544 g/mol. The Kier molecular flexibility index (Phi) is 6.95. The van der Waals surface area contributed by atoms with Crippen LogP contribution >= 0.6 is 11.3 Å². The van der Waals surface area contributed by atoms with Gasteiger partial charge in [-0.15, -0.1) is 0 Å². The van der Waals surface area contributed by atoms with Crippen molar-refractivity contribution in [1.82, 2.24) is 4.57 Å². The molecule has 0 aliphatic carbocycles. The number of ether oxygens (including phenoxy) is 2. The number of anilines is 1. The SMILES string of the molecule is COc1ccc([C@H]2C(C(=O)Nc3ccccc3)=C(C)N=c3s/c(=C\c4cc(O)ccc4O)c(=O)n32)c(OC)c1. The van der Waals surface area contributed by atoms with E-state index in [1.165, 1.54) is 43.1 Å². The first-order chi connectivity index (χ1) is 18.8. The molecule has 0 radical (unpaired) electrons. The molecule has 0 unspecified atom stereocenters. The number of hydrogen-bond acceptors (Lipinski definition) is 8. The number of phenolic OH excluding ortho intramolecular Hbond substituents is 2. The lowest BCUT2D eigenvalue weighted by Gasteiger charge is -2.26. The first-order valence-corrected chi connectivity index (χ1v) is 12.7. The van der Waals surface area contributed by atoms with Crippen molar-refractivity contribution >= 4 is 29.0 Å². The molecular formula is C29H25N3O6S. The fourth-order valence-electron chi connectivity index (χ4n) is 4.47. The lowest BCUT2D eigenvalue weighted by molar-refractivity contribution is -0.113. The highest BCUT2D eigenvalue weighted by atomic mass is 32.1. The quantitative estimate of drug-likeness (QED) is 0.321. The highest BCUT2D eigenvalue weighted by Gasteiger charge is 2.34. The van der Waals surface area contributed by atoms with Crippen LogP contribution in [0.1, 0.15) is 24.1 Å². The molecule has 5 rings (SSSR count). The Morgan fingerprint density at radius 3 is 2.54 bits per heavy atom. The van der Waals surface area contributed by atoms with Gasteiger partial charge in [0, 0.05) is 22.9 Å². The summed E-state index contributed by atoms with van der Waals surface area (Å²) in [6.07, 6.45) is 1.49. The molecule has 0 saturated carbocycles. The zero-order valence-corrected chi connectivity index (χ0v) is 22.2. The molecule has 0 bridgehead atoms. The molecule has 3 N–H and O–H groups in total. The monoisotopic (exact) mass is 543 g/mol. The van der Waals surface area contributed by atoms with Gasteiger partial charge in [0.05, 0.1) is 30.0 Å². The summed E-state index contributed by atoms with van der Waals surface area (Å²) >= 11 is 1.12. The minimum atomic E-state index is -0.870. The van der Waals surface area contributed by atoms with Gasteiger partial charge in [0.15, 0.2) is 4.80 Å². The molecule has 1 aliphatic heterocycles. The number of nitrogens with one attached hydrogen (secondary N) is 1. The minimum Gasteiger partial charge on any atom is -0.508 e. The smallest absolute Gasteiger partial charge is 0.271 e. The molecule has 198 valence electrons. The van der Waals surface area contributed by atoms with Crippen LogP contribution in [0.15, 0.2) is 87.8 Å². The molecule has 1 aromatic heterocycles. The Bertz CT molecular complexity index is 1790. The average Bonchev–Trinajstić information content (AvgIpc) is 3.24. The highest BCUT2D eigenvalue weighted by molar-refractivity contribution is 7.07. The van der Waals surface area contributed by atoms with Gasteiger partial charge in [-0.2, -0.15) is 0 Å². The van der Waals surface area contributed by atoms with Gasteiger partial charge in [-0.25, -0.2) is 4.99 Å². The molecule has 0 saturated heterocycles. The minimum absolute atomic E-state index is 0.0524. The molecular weight excluding hydrogens is 518 g/mol. The summed E-state index contributed by atoms with van der Waals surface area (Å²) in [5, 5.41) is 23.1. The number of nitrogens with zero attached hydrogens (tertiary/aromatic N) is 2. The first-order valence-electron chi connectivity index (χ1n) is 11.9. The maximum Gasteiger partial charge on any atom is 0.271 e. The third-order valence-electron chi connectivity index (χ3n) is 6.33. The number of benzene rings is 3. The molecule has 39 heavy (non-hydrogen) atoms. The maximum atomic E-state index is 13.9. The zero-order valence-electron chi connectivity index (χ0n) is 21.3. The van der Waals surface area contributed by atoms with E-state index in [2.05, 4.69) is 10.3 Å². The van der Waals surface area contributed by atoms with Gasteiger partial charge in [0.1, 0.15) is 29.0 Å². The first kappa shape index (κ1) is 25.8. The van der Waals surface area contributed by atoms with Crippen LogP contribution in [0.25, 0.3) is 6.08 Å². The number of fused-ring (bicyclic) bond motifs is 1. The van der Waals surface area contributed by atoms with E-state index in [0.29, 0.717) is 33.2 Å². The molecule has 4 aromatic rings. The molecule has 1 aliphatic rings. The molecule has 10 heteroatoms. The van der Waals surface area contributed by atoms with Crippen LogP contribution in [0.5, 0.6) is 23.0 Å². The van der Waals surface area contributed by atoms with Gasteiger partial charge >= 0.3 is 0 Å². The van der Waals surface area contributed by atoms with E-state index in [-0.39, 0.29) is 27.2 Å². The summed E-state index contributed by atoms with van der Waals surface area (Å²) in [7, 11) is 3.05. The van der Waals surface area contributed by atoms with Gasteiger partial charge in [0.25, 0.3) is 11.5 Å². The second kappa shape index (κ2) is 10.5. The number of carbonyl (C=O) groups is 1. The van der Waals surface area contributed by atoms with Crippen molar-refractivity contribution in [1.29, 1.82) is 0 Å². The van der Waals surface area contributed by atoms with Gasteiger partial charge in [0.2, 0.25) is 0 Å². The molecule has 1 amide bonds. The lowest BCUT2D eigenvalue weighted by atomic mass is 9.94. The van der Waals surface area contributed by atoms with E-state index in [1.807, 2.05) is 18.2 Å². The number of thiazole rings is 1. The molecule has 3 aromatic carbocycles. The largest absolute Gasteiger partial charge is 0.508 e. The van der Waals surface area contributed by atoms with Crippen LogP contribution in [-0.4, -0.2) is 34.9 Å². The van der Waals surface area contributed by atoms with Crippen LogP contribution in [-0.2, 0) is 4.79 Å². The topological polar surface area (TPSA) is 122 Å². The highest BCUT2D eigenvalue weighted by Crippen LogP contribution is 2.37. The predicted molar refractivity (Wildman–Crippen MR) is 148 cm³/mol. The summed E-state index contributed by atoms with van der Waals surface area (Å²) < 4.78 is 12.7. The van der Waals surface area contributed by atoms with E-state index in [1.54, 1.807) is 37.3 Å². The number of hydrogen-bond donors (Lipinski definition) is 3. The number of carbonyl (C=O) groups excluding carboxylic acids is 1. The number of para-hydroxylation sites is 1.